The van der Waals surface area contributed by atoms with Gasteiger partial charge < -0.3 is 9.84 Å². The number of amides is 1. The largest absolute Gasteiger partial charge is 0.508 e. The van der Waals surface area contributed by atoms with Gasteiger partial charge in [0.1, 0.15) is 11.4 Å². The fourth-order valence-corrected chi connectivity index (χ4v) is 2.00. The molecule has 0 spiro atoms. The number of aryl methyl sites for hydroxylation is 1. The first-order valence-corrected chi connectivity index (χ1v) is 7.15. The molecule has 22 heavy (non-hydrogen) atoms. The van der Waals surface area contributed by atoms with E-state index in [1.54, 1.807) is 6.07 Å². The van der Waals surface area contributed by atoms with E-state index in [0.29, 0.717) is 5.69 Å². The highest BCUT2D eigenvalue weighted by molar-refractivity contribution is 5.85. The second kappa shape index (κ2) is 6.10. The van der Waals surface area contributed by atoms with Crippen LogP contribution in [0.1, 0.15) is 26.3 Å². The number of carbonyl (C=O) groups is 1. The molecule has 0 aromatic heterocycles. The third-order valence-corrected chi connectivity index (χ3v) is 3.06. The summed E-state index contributed by atoms with van der Waals surface area (Å²) in [6, 6.07) is 12.9. The number of phenolic OH excluding ortho intramolecular Hbond substituents is 1. The summed E-state index contributed by atoms with van der Waals surface area (Å²) in [5.74, 6) is 0.284. The summed E-state index contributed by atoms with van der Waals surface area (Å²) in [5, 5.41) is 12.3. The number of anilines is 1. The van der Waals surface area contributed by atoms with Crippen molar-refractivity contribution in [2.75, 3.05) is 5.32 Å². The predicted octanol–water partition coefficient (Wildman–Crippen LogP) is 4.71. The summed E-state index contributed by atoms with van der Waals surface area (Å²) >= 11 is 0. The van der Waals surface area contributed by atoms with Crippen LogP contribution in [0.25, 0.3) is 11.1 Å². The SMILES string of the molecule is Cc1cc(-c2ccc(NC(=O)OC(C)(C)C)cc2)ccc1O. The fourth-order valence-electron chi connectivity index (χ4n) is 2.00. The second-order valence-electron chi connectivity index (χ2n) is 6.21. The van der Waals surface area contributed by atoms with Crippen LogP contribution in [0.3, 0.4) is 0 Å². The molecule has 4 nitrogen and oxygen atoms in total. The molecule has 0 aliphatic rings. The molecule has 2 N–H and O–H groups in total. The van der Waals surface area contributed by atoms with E-state index in [2.05, 4.69) is 5.32 Å². The second-order valence-corrected chi connectivity index (χ2v) is 6.21. The molecule has 0 aliphatic carbocycles. The van der Waals surface area contributed by atoms with Crippen molar-refractivity contribution in [3.8, 4) is 16.9 Å². The van der Waals surface area contributed by atoms with Crippen molar-refractivity contribution in [3.63, 3.8) is 0 Å². The Hall–Kier alpha value is -2.49. The topological polar surface area (TPSA) is 58.6 Å². The van der Waals surface area contributed by atoms with Crippen LogP contribution >= 0.6 is 0 Å². The normalized spacial score (nSPS) is 11.1. The molecule has 116 valence electrons. The van der Waals surface area contributed by atoms with Gasteiger partial charge in [0.25, 0.3) is 0 Å². The Morgan fingerprint density at radius 2 is 1.64 bits per heavy atom. The van der Waals surface area contributed by atoms with Gasteiger partial charge in [-0.05, 0) is 68.7 Å². The zero-order chi connectivity index (χ0) is 16.3. The van der Waals surface area contributed by atoms with Crippen molar-refractivity contribution in [1.29, 1.82) is 0 Å². The summed E-state index contributed by atoms with van der Waals surface area (Å²) in [6.45, 7) is 7.33. The van der Waals surface area contributed by atoms with Crippen LogP contribution in [0, 0.1) is 6.92 Å². The lowest BCUT2D eigenvalue weighted by Gasteiger charge is -2.19. The molecule has 0 radical (unpaired) electrons. The Morgan fingerprint density at radius 1 is 1.05 bits per heavy atom. The van der Waals surface area contributed by atoms with Crippen molar-refractivity contribution in [2.45, 2.75) is 33.3 Å². The van der Waals surface area contributed by atoms with Crippen molar-refractivity contribution in [3.05, 3.63) is 48.0 Å². The third kappa shape index (κ3) is 4.25. The number of rotatable bonds is 2. The molecule has 0 bridgehead atoms. The smallest absolute Gasteiger partial charge is 0.412 e. The van der Waals surface area contributed by atoms with E-state index >= 15 is 0 Å². The summed E-state index contributed by atoms with van der Waals surface area (Å²) < 4.78 is 5.21. The summed E-state index contributed by atoms with van der Waals surface area (Å²) in [7, 11) is 0. The van der Waals surface area contributed by atoms with Gasteiger partial charge in [-0.2, -0.15) is 0 Å². The van der Waals surface area contributed by atoms with E-state index < -0.39 is 11.7 Å². The lowest BCUT2D eigenvalue weighted by molar-refractivity contribution is 0.0636. The van der Waals surface area contributed by atoms with Gasteiger partial charge in [-0.3, -0.25) is 5.32 Å². The molecule has 0 heterocycles. The van der Waals surface area contributed by atoms with Crippen LogP contribution in [0.15, 0.2) is 42.5 Å². The molecule has 0 aliphatic heterocycles. The minimum Gasteiger partial charge on any atom is -0.508 e. The molecule has 2 aromatic carbocycles. The van der Waals surface area contributed by atoms with Crippen molar-refractivity contribution >= 4 is 11.8 Å². The number of nitrogens with one attached hydrogen (secondary N) is 1. The van der Waals surface area contributed by atoms with Crippen LogP contribution in [-0.2, 0) is 4.74 Å². The summed E-state index contributed by atoms with van der Waals surface area (Å²) in [6.07, 6.45) is -0.472. The Balaban J connectivity index is 2.10. The molecule has 0 saturated heterocycles. The minimum absolute atomic E-state index is 0.284. The van der Waals surface area contributed by atoms with Crippen LogP contribution in [-0.4, -0.2) is 16.8 Å². The zero-order valence-corrected chi connectivity index (χ0v) is 13.3. The zero-order valence-electron chi connectivity index (χ0n) is 13.3. The van der Waals surface area contributed by atoms with E-state index in [1.807, 2.05) is 64.1 Å². The highest BCUT2D eigenvalue weighted by atomic mass is 16.6. The monoisotopic (exact) mass is 299 g/mol. The molecule has 0 atom stereocenters. The lowest BCUT2D eigenvalue weighted by Crippen LogP contribution is -2.27. The Labute approximate surface area is 130 Å². The van der Waals surface area contributed by atoms with Crippen LogP contribution in [0.5, 0.6) is 5.75 Å². The average molecular weight is 299 g/mol. The van der Waals surface area contributed by atoms with E-state index in [4.69, 9.17) is 4.74 Å². The van der Waals surface area contributed by atoms with Gasteiger partial charge in [0.2, 0.25) is 0 Å². The van der Waals surface area contributed by atoms with Gasteiger partial charge in [-0.25, -0.2) is 4.79 Å². The first-order chi connectivity index (χ1) is 10.2. The molecule has 0 saturated carbocycles. The van der Waals surface area contributed by atoms with Crippen LogP contribution in [0.2, 0.25) is 0 Å². The Morgan fingerprint density at radius 3 is 2.18 bits per heavy atom. The maximum absolute atomic E-state index is 11.7. The lowest BCUT2D eigenvalue weighted by atomic mass is 10.0. The molecule has 0 unspecified atom stereocenters. The molecule has 4 heteroatoms. The van der Waals surface area contributed by atoms with Crippen molar-refractivity contribution in [1.82, 2.24) is 0 Å². The molecule has 0 fully saturated rings. The Bertz CT molecular complexity index is 670. The highest BCUT2D eigenvalue weighted by Crippen LogP contribution is 2.26. The van der Waals surface area contributed by atoms with Gasteiger partial charge in [0.15, 0.2) is 0 Å². The highest BCUT2D eigenvalue weighted by Gasteiger charge is 2.16. The number of hydrogen-bond donors (Lipinski definition) is 2. The number of benzene rings is 2. The maximum Gasteiger partial charge on any atom is 0.412 e. The van der Waals surface area contributed by atoms with E-state index in [-0.39, 0.29) is 5.75 Å². The van der Waals surface area contributed by atoms with Crippen LogP contribution < -0.4 is 5.32 Å². The van der Waals surface area contributed by atoms with Crippen molar-refractivity contribution in [2.24, 2.45) is 0 Å². The van der Waals surface area contributed by atoms with Crippen LogP contribution in [0.4, 0.5) is 10.5 Å². The Kier molecular flexibility index (Phi) is 4.40. The number of phenols is 1. The summed E-state index contributed by atoms with van der Waals surface area (Å²) in [4.78, 5) is 11.7. The molecule has 2 rings (SSSR count). The van der Waals surface area contributed by atoms with Gasteiger partial charge in [-0.15, -0.1) is 0 Å². The minimum atomic E-state index is -0.520. The van der Waals surface area contributed by atoms with E-state index in [1.165, 1.54) is 0 Å². The van der Waals surface area contributed by atoms with Crippen molar-refractivity contribution < 1.29 is 14.6 Å². The summed E-state index contributed by atoms with van der Waals surface area (Å²) in [5.41, 5.74) is 3.01. The standard InChI is InChI=1S/C18H21NO3/c1-12-11-14(7-10-16(12)20)13-5-8-15(9-6-13)19-17(21)22-18(2,3)4/h5-11,20H,1-4H3,(H,19,21). The molecule has 1 amide bonds. The molecule has 2 aromatic rings. The first-order valence-electron chi connectivity index (χ1n) is 7.15. The van der Waals surface area contributed by atoms with Gasteiger partial charge in [-0.1, -0.05) is 18.2 Å². The third-order valence-electron chi connectivity index (χ3n) is 3.06. The number of hydrogen-bond acceptors (Lipinski definition) is 3. The first kappa shape index (κ1) is 15.9. The predicted molar refractivity (Wildman–Crippen MR) is 88.1 cm³/mol. The number of aromatic hydroxyl groups is 1. The average Bonchev–Trinajstić information content (AvgIpc) is 2.40. The van der Waals surface area contributed by atoms with E-state index in [9.17, 15) is 9.90 Å². The molecular formula is C18H21NO3. The maximum atomic E-state index is 11.7. The fraction of sp³-hybridized carbons (Fsp3) is 0.278. The van der Waals surface area contributed by atoms with Gasteiger partial charge >= 0.3 is 6.09 Å². The number of carbonyl (C=O) groups excluding carboxylic acids is 1. The molecular weight excluding hydrogens is 278 g/mol. The van der Waals surface area contributed by atoms with Gasteiger partial charge in [0.05, 0.1) is 0 Å². The quantitative estimate of drug-likeness (QED) is 0.844. The van der Waals surface area contributed by atoms with E-state index in [0.717, 1.165) is 16.7 Å². The number of ether oxygens (including phenoxy) is 1. The van der Waals surface area contributed by atoms with Gasteiger partial charge in [0, 0.05) is 5.69 Å².